The molecule has 120 valence electrons. The number of carbonyl (C=O) groups excluding carboxylic acids is 2. The quantitative estimate of drug-likeness (QED) is 0.809. The summed E-state index contributed by atoms with van der Waals surface area (Å²) >= 11 is 0. The Morgan fingerprint density at radius 1 is 1.43 bits per heavy atom. The third kappa shape index (κ3) is 3.01. The van der Waals surface area contributed by atoms with Gasteiger partial charge in [-0.15, -0.1) is 0 Å². The van der Waals surface area contributed by atoms with E-state index < -0.39 is 5.97 Å². The molecule has 3 heterocycles. The van der Waals surface area contributed by atoms with Gasteiger partial charge in [-0.25, -0.2) is 9.78 Å². The molecule has 2 N–H and O–H groups in total. The van der Waals surface area contributed by atoms with Crippen LogP contribution in [-0.4, -0.2) is 52.1 Å². The Labute approximate surface area is 132 Å². The minimum absolute atomic E-state index is 0.164. The van der Waals surface area contributed by atoms with Crippen molar-refractivity contribution in [3.63, 3.8) is 0 Å². The van der Waals surface area contributed by atoms with Crippen molar-refractivity contribution < 1.29 is 14.3 Å². The van der Waals surface area contributed by atoms with E-state index in [0.29, 0.717) is 13.0 Å². The normalized spacial score (nSPS) is 16.6. The Hall–Kier alpha value is -2.90. The molecule has 23 heavy (non-hydrogen) atoms. The second kappa shape index (κ2) is 6.47. The van der Waals surface area contributed by atoms with Gasteiger partial charge in [0.1, 0.15) is 12.6 Å². The van der Waals surface area contributed by atoms with Gasteiger partial charge in [0.05, 0.1) is 19.1 Å². The van der Waals surface area contributed by atoms with Gasteiger partial charge in [0, 0.05) is 31.1 Å². The van der Waals surface area contributed by atoms with Crippen molar-refractivity contribution in [3.8, 4) is 0 Å². The van der Waals surface area contributed by atoms with Crippen molar-refractivity contribution in [1.29, 1.82) is 0 Å². The Bertz CT molecular complexity index is 700. The number of urea groups is 1. The lowest BCUT2D eigenvalue weighted by Crippen LogP contribution is -2.47. The van der Waals surface area contributed by atoms with E-state index >= 15 is 0 Å². The maximum atomic E-state index is 12.5. The van der Waals surface area contributed by atoms with Crippen LogP contribution in [0, 0.1) is 0 Å². The number of nitrogens with zero attached hydrogens (tertiary/aromatic N) is 3. The fourth-order valence-corrected chi connectivity index (χ4v) is 2.70. The van der Waals surface area contributed by atoms with Crippen molar-refractivity contribution in [2.45, 2.75) is 12.5 Å². The minimum atomic E-state index is -0.490. The molecule has 0 aliphatic carbocycles. The Morgan fingerprint density at radius 3 is 2.96 bits per heavy atom. The molecule has 0 bridgehead atoms. The first kappa shape index (κ1) is 15.0. The summed E-state index contributed by atoms with van der Waals surface area (Å²) in [5, 5.41) is 2.58. The van der Waals surface area contributed by atoms with Gasteiger partial charge in [0.25, 0.3) is 0 Å². The summed E-state index contributed by atoms with van der Waals surface area (Å²) in [5.74, 6) is -0.490. The number of hydrogen-bond acceptors (Lipinski definition) is 5. The van der Waals surface area contributed by atoms with Crippen molar-refractivity contribution in [1.82, 2.24) is 25.2 Å². The van der Waals surface area contributed by atoms with E-state index in [2.05, 4.69) is 25.0 Å². The van der Waals surface area contributed by atoms with Crippen molar-refractivity contribution >= 4 is 12.0 Å². The van der Waals surface area contributed by atoms with E-state index in [9.17, 15) is 9.59 Å². The number of rotatable bonds is 3. The molecule has 1 unspecified atom stereocenters. The summed E-state index contributed by atoms with van der Waals surface area (Å²) in [6, 6.07) is 3.07. The molecule has 2 amide bonds. The molecular formula is C15H17N5O3. The fraction of sp³-hybridized carbons (Fsp3) is 0.333. The molecule has 0 fully saturated rings. The third-order valence-electron chi connectivity index (χ3n) is 3.82. The molecule has 1 atom stereocenters. The van der Waals surface area contributed by atoms with E-state index in [0.717, 1.165) is 17.0 Å². The number of pyridine rings is 1. The summed E-state index contributed by atoms with van der Waals surface area (Å²) in [6.07, 6.45) is 5.68. The molecule has 1 aliphatic rings. The predicted molar refractivity (Wildman–Crippen MR) is 80.5 cm³/mol. The summed E-state index contributed by atoms with van der Waals surface area (Å²) in [5.41, 5.74) is 2.75. The standard InChI is InChI=1S/C15H17N5O3/c1-23-12(21)8-17-15(22)20-7-4-11-13(19-9-18-11)14(20)10-2-5-16-6-3-10/h2-3,5-6,9,14H,4,7-8H2,1H3,(H,17,22)(H,18,19). The molecule has 0 aromatic carbocycles. The molecule has 8 nitrogen and oxygen atoms in total. The summed E-state index contributed by atoms with van der Waals surface area (Å²) in [4.78, 5) is 36.9. The molecule has 0 spiro atoms. The summed E-state index contributed by atoms with van der Waals surface area (Å²) in [7, 11) is 1.28. The van der Waals surface area contributed by atoms with Crippen LogP contribution in [0.1, 0.15) is 23.0 Å². The van der Waals surface area contributed by atoms with E-state index in [4.69, 9.17) is 0 Å². The summed E-state index contributed by atoms with van der Waals surface area (Å²) in [6.45, 7) is 0.359. The molecule has 8 heteroatoms. The number of amides is 2. The van der Waals surface area contributed by atoms with E-state index in [1.165, 1.54) is 7.11 Å². The molecular weight excluding hydrogens is 298 g/mol. The molecule has 0 radical (unpaired) electrons. The molecule has 3 rings (SSSR count). The van der Waals surface area contributed by atoms with Gasteiger partial charge in [-0.05, 0) is 17.7 Å². The monoisotopic (exact) mass is 315 g/mol. The zero-order chi connectivity index (χ0) is 16.2. The highest BCUT2D eigenvalue weighted by Crippen LogP contribution is 2.32. The van der Waals surface area contributed by atoms with E-state index in [-0.39, 0.29) is 18.6 Å². The average molecular weight is 315 g/mol. The van der Waals surface area contributed by atoms with Crippen LogP contribution < -0.4 is 5.32 Å². The van der Waals surface area contributed by atoms with Crippen LogP contribution in [0.15, 0.2) is 30.9 Å². The molecule has 0 saturated heterocycles. The van der Waals surface area contributed by atoms with Gasteiger partial charge in [-0.1, -0.05) is 0 Å². The number of imidazole rings is 1. The number of esters is 1. The highest BCUT2D eigenvalue weighted by atomic mass is 16.5. The second-order valence-corrected chi connectivity index (χ2v) is 5.13. The number of aromatic amines is 1. The number of H-pyrrole nitrogens is 1. The number of carbonyl (C=O) groups is 2. The van der Waals surface area contributed by atoms with Crippen LogP contribution in [0.3, 0.4) is 0 Å². The van der Waals surface area contributed by atoms with Crippen LogP contribution in [0.4, 0.5) is 4.79 Å². The van der Waals surface area contributed by atoms with Gasteiger partial charge in [0.2, 0.25) is 0 Å². The fourth-order valence-electron chi connectivity index (χ4n) is 2.70. The first-order valence-corrected chi connectivity index (χ1v) is 7.24. The number of methoxy groups -OCH3 is 1. The van der Waals surface area contributed by atoms with E-state index in [1.54, 1.807) is 23.6 Å². The largest absolute Gasteiger partial charge is 0.468 e. The second-order valence-electron chi connectivity index (χ2n) is 5.13. The van der Waals surface area contributed by atoms with Crippen LogP contribution in [0.2, 0.25) is 0 Å². The zero-order valence-electron chi connectivity index (χ0n) is 12.7. The van der Waals surface area contributed by atoms with Crippen LogP contribution in [0.25, 0.3) is 0 Å². The minimum Gasteiger partial charge on any atom is -0.468 e. The van der Waals surface area contributed by atoms with Crippen molar-refractivity contribution in [2.24, 2.45) is 0 Å². The number of nitrogens with one attached hydrogen (secondary N) is 2. The van der Waals surface area contributed by atoms with Crippen molar-refractivity contribution in [2.75, 3.05) is 20.2 Å². The van der Waals surface area contributed by atoms with Crippen LogP contribution in [-0.2, 0) is 16.0 Å². The number of aromatic nitrogens is 3. The third-order valence-corrected chi connectivity index (χ3v) is 3.82. The van der Waals surface area contributed by atoms with Crippen LogP contribution in [0.5, 0.6) is 0 Å². The van der Waals surface area contributed by atoms with E-state index in [1.807, 2.05) is 12.1 Å². The molecule has 2 aromatic heterocycles. The number of ether oxygens (including phenoxy) is 1. The smallest absolute Gasteiger partial charge is 0.325 e. The highest BCUT2D eigenvalue weighted by Gasteiger charge is 2.34. The maximum Gasteiger partial charge on any atom is 0.325 e. The maximum absolute atomic E-state index is 12.5. The SMILES string of the molecule is COC(=O)CNC(=O)N1CCc2[nH]cnc2C1c1ccncc1. The van der Waals surface area contributed by atoms with Crippen LogP contribution >= 0.6 is 0 Å². The topological polar surface area (TPSA) is 100 Å². The lowest BCUT2D eigenvalue weighted by molar-refractivity contribution is -0.139. The molecule has 0 saturated carbocycles. The number of fused-ring (bicyclic) bond motifs is 1. The molecule has 1 aliphatic heterocycles. The van der Waals surface area contributed by atoms with Gasteiger partial charge in [0.15, 0.2) is 0 Å². The van der Waals surface area contributed by atoms with Gasteiger partial charge in [-0.2, -0.15) is 0 Å². The predicted octanol–water partition coefficient (Wildman–Crippen LogP) is 0.635. The lowest BCUT2D eigenvalue weighted by Gasteiger charge is -2.35. The average Bonchev–Trinajstić information content (AvgIpc) is 3.07. The summed E-state index contributed by atoms with van der Waals surface area (Å²) < 4.78 is 4.55. The highest BCUT2D eigenvalue weighted by molar-refractivity contribution is 5.81. The molecule has 2 aromatic rings. The Kier molecular flexibility index (Phi) is 4.22. The first-order valence-electron chi connectivity index (χ1n) is 7.24. The van der Waals surface area contributed by atoms with Crippen molar-refractivity contribution in [3.05, 3.63) is 47.8 Å². The Morgan fingerprint density at radius 2 is 2.22 bits per heavy atom. The van der Waals surface area contributed by atoms with Gasteiger partial charge in [-0.3, -0.25) is 9.78 Å². The Balaban J connectivity index is 1.87. The number of hydrogen-bond donors (Lipinski definition) is 2. The van der Waals surface area contributed by atoms with Gasteiger partial charge >= 0.3 is 12.0 Å². The lowest BCUT2D eigenvalue weighted by atomic mass is 9.97. The zero-order valence-corrected chi connectivity index (χ0v) is 12.7. The first-order chi connectivity index (χ1) is 11.2. The van der Waals surface area contributed by atoms with Gasteiger partial charge < -0.3 is 19.9 Å².